The van der Waals surface area contributed by atoms with Crippen LogP contribution in [-0.4, -0.2) is 23.4 Å². The highest BCUT2D eigenvalue weighted by Gasteiger charge is 2.54. The van der Waals surface area contributed by atoms with Gasteiger partial charge in [0.05, 0.1) is 0 Å². The fourth-order valence-corrected chi connectivity index (χ4v) is 5.28. The first-order valence-corrected chi connectivity index (χ1v) is 8.80. The number of rotatable bonds is 3. The first kappa shape index (κ1) is 15.8. The average Bonchev–Trinajstić information content (AvgIpc) is 2.34. The highest BCUT2D eigenvalue weighted by molar-refractivity contribution is 5.90. The van der Waals surface area contributed by atoms with Gasteiger partial charge in [-0.25, -0.2) is 0 Å². The lowest BCUT2D eigenvalue weighted by Crippen LogP contribution is -2.57. The third-order valence-electron chi connectivity index (χ3n) is 5.76. The molecule has 2 amide bonds. The molecule has 4 nitrogen and oxygen atoms in total. The maximum atomic E-state index is 12.9. The molecule has 22 heavy (non-hydrogen) atoms. The van der Waals surface area contributed by atoms with Crippen LogP contribution in [0, 0.1) is 23.2 Å². The van der Waals surface area contributed by atoms with Crippen LogP contribution in [-0.2, 0) is 9.59 Å². The lowest BCUT2D eigenvalue weighted by molar-refractivity contribution is -0.148. The van der Waals surface area contributed by atoms with E-state index < -0.39 is 6.04 Å². The molecule has 2 N–H and O–H groups in total. The van der Waals surface area contributed by atoms with Crippen LogP contribution in [0.2, 0.25) is 0 Å². The number of carbonyl (C=O) groups excluding carboxylic acids is 2. The molecule has 1 atom stereocenters. The zero-order valence-electron chi connectivity index (χ0n) is 14.4. The first-order valence-electron chi connectivity index (χ1n) is 8.80. The largest absolute Gasteiger partial charge is 0.350 e. The Hall–Kier alpha value is -1.06. The van der Waals surface area contributed by atoms with Crippen molar-refractivity contribution in [3.63, 3.8) is 0 Å². The molecular formula is C18H30N2O2. The summed E-state index contributed by atoms with van der Waals surface area (Å²) >= 11 is 0. The van der Waals surface area contributed by atoms with E-state index in [0.29, 0.717) is 0 Å². The Kier molecular flexibility index (Phi) is 3.77. The summed E-state index contributed by atoms with van der Waals surface area (Å²) < 4.78 is 0. The molecule has 4 fully saturated rings. The number of nitrogens with one attached hydrogen (secondary N) is 2. The molecule has 0 spiro atoms. The fraction of sp³-hybridized carbons (Fsp3) is 0.889. The van der Waals surface area contributed by atoms with Crippen LogP contribution in [0.15, 0.2) is 0 Å². The zero-order valence-corrected chi connectivity index (χ0v) is 14.4. The molecule has 124 valence electrons. The van der Waals surface area contributed by atoms with Crippen molar-refractivity contribution in [2.24, 2.45) is 23.2 Å². The minimum Gasteiger partial charge on any atom is -0.350 e. The van der Waals surface area contributed by atoms with Gasteiger partial charge in [0.25, 0.3) is 0 Å². The predicted molar refractivity (Wildman–Crippen MR) is 86.1 cm³/mol. The summed E-state index contributed by atoms with van der Waals surface area (Å²) in [5.74, 6) is 2.27. The maximum absolute atomic E-state index is 12.9. The van der Waals surface area contributed by atoms with Crippen molar-refractivity contribution in [3.05, 3.63) is 0 Å². The van der Waals surface area contributed by atoms with Crippen LogP contribution < -0.4 is 10.6 Å². The van der Waals surface area contributed by atoms with Gasteiger partial charge in [-0.3, -0.25) is 9.59 Å². The Morgan fingerprint density at radius 3 is 1.86 bits per heavy atom. The van der Waals surface area contributed by atoms with Crippen molar-refractivity contribution >= 4 is 11.8 Å². The smallest absolute Gasteiger partial charge is 0.242 e. The van der Waals surface area contributed by atoms with Crippen LogP contribution in [0.1, 0.15) is 66.2 Å². The Morgan fingerprint density at radius 1 is 1.00 bits per heavy atom. The van der Waals surface area contributed by atoms with Crippen molar-refractivity contribution in [1.82, 2.24) is 10.6 Å². The Balaban J connectivity index is 1.63. The van der Waals surface area contributed by atoms with Gasteiger partial charge in [-0.2, -0.15) is 0 Å². The molecule has 4 saturated carbocycles. The molecule has 0 aromatic heterocycles. The molecule has 4 aliphatic carbocycles. The average molecular weight is 306 g/mol. The van der Waals surface area contributed by atoms with Gasteiger partial charge in [0.2, 0.25) is 11.8 Å². The van der Waals surface area contributed by atoms with E-state index in [1.165, 1.54) is 19.3 Å². The van der Waals surface area contributed by atoms with Crippen molar-refractivity contribution in [3.8, 4) is 0 Å². The Bertz CT molecular complexity index is 443. The second-order valence-electron chi connectivity index (χ2n) is 9.13. The van der Waals surface area contributed by atoms with E-state index in [2.05, 4.69) is 10.6 Å². The quantitative estimate of drug-likeness (QED) is 0.842. The van der Waals surface area contributed by atoms with Gasteiger partial charge in [0.15, 0.2) is 0 Å². The summed E-state index contributed by atoms with van der Waals surface area (Å²) in [5.41, 5.74) is -0.443. The monoisotopic (exact) mass is 306 g/mol. The highest BCUT2D eigenvalue weighted by Crippen LogP contribution is 2.60. The summed E-state index contributed by atoms with van der Waals surface area (Å²) in [5, 5.41) is 5.95. The number of hydrogen-bond acceptors (Lipinski definition) is 2. The summed E-state index contributed by atoms with van der Waals surface area (Å²) in [6, 6.07) is -0.459. The third-order valence-corrected chi connectivity index (χ3v) is 5.76. The normalized spacial score (nSPS) is 37.7. The lowest BCUT2D eigenvalue weighted by atomic mass is 9.49. The number of hydrogen-bond donors (Lipinski definition) is 2. The van der Waals surface area contributed by atoms with Gasteiger partial charge in [-0.15, -0.1) is 0 Å². The van der Waals surface area contributed by atoms with Crippen molar-refractivity contribution in [2.75, 3.05) is 0 Å². The molecule has 0 saturated heterocycles. The standard InChI is InChI=1S/C18H30N2O2/c1-11(15(21)20-17(2,3)4)19-16(22)18-8-12-5-13(9-18)7-14(6-12)10-18/h11-14H,5-10H2,1-4H3,(H,19,22)(H,20,21)/t11-,12?,13?,14?,18?/m0/s1. The molecule has 0 heterocycles. The molecule has 0 aromatic rings. The van der Waals surface area contributed by atoms with Gasteiger partial charge < -0.3 is 10.6 Å². The minimum atomic E-state index is -0.459. The molecule has 0 unspecified atom stereocenters. The maximum Gasteiger partial charge on any atom is 0.242 e. The molecule has 4 rings (SSSR count). The minimum absolute atomic E-state index is 0.0921. The third kappa shape index (κ3) is 3.02. The molecule has 4 heteroatoms. The number of carbonyl (C=O) groups is 2. The van der Waals surface area contributed by atoms with Gasteiger partial charge in [0.1, 0.15) is 6.04 Å². The van der Waals surface area contributed by atoms with E-state index in [4.69, 9.17) is 0 Å². The van der Waals surface area contributed by atoms with E-state index in [0.717, 1.165) is 37.0 Å². The van der Waals surface area contributed by atoms with Crippen LogP contribution in [0.4, 0.5) is 0 Å². The van der Waals surface area contributed by atoms with E-state index in [9.17, 15) is 9.59 Å². The number of amides is 2. The van der Waals surface area contributed by atoms with E-state index in [-0.39, 0.29) is 22.8 Å². The second-order valence-corrected chi connectivity index (χ2v) is 9.13. The molecule has 0 aliphatic heterocycles. The van der Waals surface area contributed by atoms with E-state index >= 15 is 0 Å². The van der Waals surface area contributed by atoms with Crippen LogP contribution in [0.5, 0.6) is 0 Å². The van der Waals surface area contributed by atoms with Crippen LogP contribution in [0.25, 0.3) is 0 Å². The SMILES string of the molecule is C[C@H](NC(=O)C12CC3CC(CC(C3)C1)C2)C(=O)NC(C)(C)C. The molecule has 4 aliphatic rings. The van der Waals surface area contributed by atoms with Gasteiger partial charge in [-0.05, 0) is 84.0 Å². The van der Waals surface area contributed by atoms with Crippen molar-refractivity contribution in [1.29, 1.82) is 0 Å². The summed E-state index contributed by atoms with van der Waals surface area (Å²) in [6.45, 7) is 7.66. The van der Waals surface area contributed by atoms with E-state index in [1.807, 2.05) is 20.8 Å². The van der Waals surface area contributed by atoms with Crippen LogP contribution >= 0.6 is 0 Å². The Morgan fingerprint density at radius 2 is 1.45 bits per heavy atom. The lowest BCUT2D eigenvalue weighted by Gasteiger charge is -2.55. The molecular weight excluding hydrogens is 276 g/mol. The van der Waals surface area contributed by atoms with E-state index in [1.54, 1.807) is 6.92 Å². The summed E-state index contributed by atoms with van der Waals surface area (Å²) in [6.07, 6.45) is 7.10. The molecule has 0 radical (unpaired) electrons. The van der Waals surface area contributed by atoms with Crippen molar-refractivity contribution in [2.45, 2.75) is 77.8 Å². The predicted octanol–water partition coefficient (Wildman–Crippen LogP) is 2.62. The summed E-state index contributed by atoms with van der Waals surface area (Å²) in [4.78, 5) is 25.1. The second kappa shape index (κ2) is 5.24. The fourth-order valence-electron chi connectivity index (χ4n) is 5.28. The van der Waals surface area contributed by atoms with Gasteiger partial charge in [-0.1, -0.05) is 0 Å². The zero-order chi connectivity index (χ0) is 16.1. The van der Waals surface area contributed by atoms with Gasteiger partial charge in [0, 0.05) is 11.0 Å². The highest BCUT2D eigenvalue weighted by atomic mass is 16.2. The Labute approximate surface area is 133 Å². The molecule has 0 aromatic carbocycles. The first-order chi connectivity index (χ1) is 10.2. The van der Waals surface area contributed by atoms with Crippen LogP contribution in [0.3, 0.4) is 0 Å². The van der Waals surface area contributed by atoms with Gasteiger partial charge >= 0.3 is 0 Å². The molecule has 4 bridgehead atoms. The summed E-state index contributed by atoms with van der Waals surface area (Å²) in [7, 11) is 0. The van der Waals surface area contributed by atoms with Crippen molar-refractivity contribution < 1.29 is 9.59 Å². The topological polar surface area (TPSA) is 58.2 Å².